The Balaban J connectivity index is 1.98. The predicted octanol–water partition coefficient (Wildman–Crippen LogP) is 3.34. The van der Waals surface area contributed by atoms with Crippen molar-refractivity contribution in [3.05, 3.63) is 64.1 Å². The standard InChI is InChI=1S/C15H14BrFN2O/c1-10(9-11-4-6-12(16)7-5-11)19-15(20)13-3-2-8-18-14(13)17/h2-8,10H,9H2,1H3,(H,19,20). The number of rotatable bonds is 4. The number of carbonyl (C=O) groups excluding carboxylic acids is 1. The van der Waals surface area contributed by atoms with Crippen molar-refractivity contribution in [2.45, 2.75) is 19.4 Å². The normalized spacial score (nSPS) is 11.9. The van der Waals surface area contributed by atoms with Crippen LogP contribution < -0.4 is 5.32 Å². The average Bonchev–Trinajstić information content (AvgIpc) is 2.41. The zero-order valence-corrected chi connectivity index (χ0v) is 12.5. The van der Waals surface area contributed by atoms with E-state index < -0.39 is 11.9 Å². The van der Waals surface area contributed by atoms with E-state index in [1.165, 1.54) is 18.3 Å². The lowest BCUT2D eigenvalue weighted by atomic mass is 10.1. The minimum absolute atomic E-state index is 0.0323. The van der Waals surface area contributed by atoms with E-state index in [1.54, 1.807) is 0 Å². The molecular formula is C15H14BrFN2O. The Bertz CT molecular complexity index is 601. The van der Waals surface area contributed by atoms with Crippen LogP contribution in [0.3, 0.4) is 0 Å². The van der Waals surface area contributed by atoms with Gasteiger partial charge in [-0.05, 0) is 43.2 Å². The van der Waals surface area contributed by atoms with Gasteiger partial charge in [-0.3, -0.25) is 4.79 Å². The van der Waals surface area contributed by atoms with Crippen LogP contribution in [0.4, 0.5) is 4.39 Å². The highest BCUT2D eigenvalue weighted by atomic mass is 79.9. The third kappa shape index (κ3) is 3.87. The van der Waals surface area contributed by atoms with E-state index in [0.29, 0.717) is 6.42 Å². The van der Waals surface area contributed by atoms with Crippen LogP contribution in [0.5, 0.6) is 0 Å². The summed E-state index contributed by atoms with van der Waals surface area (Å²) in [4.78, 5) is 15.4. The topological polar surface area (TPSA) is 42.0 Å². The summed E-state index contributed by atoms with van der Waals surface area (Å²) < 4.78 is 14.4. The molecule has 1 aromatic heterocycles. The molecule has 1 heterocycles. The van der Waals surface area contributed by atoms with Gasteiger partial charge in [0.15, 0.2) is 0 Å². The number of nitrogens with zero attached hydrogens (tertiary/aromatic N) is 1. The first-order chi connectivity index (χ1) is 9.56. The highest BCUT2D eigenvalue weighted by Gasteiger charge is 2.14. The van der Waals surface area contributed by atoms with E-state index >= 15 is 0 Å². The summed E-state index contributed by atoms with van der Waals surface area (Å²) >= 11 is 3.37. The number of aromatic nitrogens is 1. The fourth-order valence-electron chi connectivity index (χ4n) is 1.88. The van der Waals surface area contributed by atoms with Crippen LogP contribution in [0, 0.1) is 5.95 Å². The van der Waals surface area contributed by atoms with Crippen molar-refractivity contribution >= 4 is 21.8 Å². The van der Waals surface area contributed by atoms with Gasteiger partial charge >= 0.3 is 0 Å². The molecule has 20 heavy (non-hydrogen) atoms. The molecule has 0 radical (unpaired) electrons. The summed E-state index contributed by atoms with van der Waals surface area (Å²) in [5.41, 5.74) is 1.07. The van der Waals surface area contributed by atoms with Crippen molar-refractivity contribution < 1.29 is 9.18 Å². The Morgan fingerprint density at radius 1 is 1.35 bits per heavy atom. The van der Waals surface area contributed by atoms with Crippen molar-refractivity contribution in [1.82, 2.24) is 10.3 Å². The molecular weight excluding hydrogens is 323 g/mol. The van der Waals surface area contributed by atoms with Crippen LogP contribution in [0.25, 0.3) is 0 Å². The number of hydrogen-bond acceptors (Lipinski definition) is 2. The van der Waals surface area contributed by atoms with E-state index in [-0.39, 0.29) is 11.6 Å². The maximum absolute atomic E-state index is 13.4. The fourth-order valence-corrected chi connectivity index (χ4v) is 2.15. The first-order valence-corrected chi connectivity index (χ1v) is 7.01. The quantitative estimate of drug-likeness (QED) is 0.870. The van der Waals surface area contributed by atoms with E-state index in [1.807, 2.05) is 31.2 Å². The lowest BCUT2D eigenvalue weighted by molar-refractivity contribution is 0.0935. The van der Waals surface area contributed by atoms with Gasteiger partial charge in [-0.25, -0.2) is 4.98 Å². The lowest BCUT2D eigenvalue weighted by Gasteiger charge is -2.14. The second-order valence-corrected chi connectivity index (χ2v) is 5.46. The maximum Gasteiger partial charge on any atom is 0.256 e. The maximum atomic E-state index is 13.4. The summed E-state index contributed by atoms with van der Waals surface area (Å²) in [5, 5.41) is 2.77. The molecule has 1 amide bonds. The van der Waals surface area contributed by atoms with Gasteiger partial charge in [-0.2, -0.15) is 4.39 Å². The Morgan fingerprint density at radius 3 is 2.70 bits per heavy atom. The summed E-state index contributed by atoms with van der Waals surface area (Å²) in [5.74, 6) is -1.19. The van der Waals surface area contributed by atoms with Gasteiger partial charge in [0.05, 0.1) is 5.56 Å². The molecule has 104 valence electrons. The highest BCUT2D eigenvalue weighted by Crippen LogP contribution is 2.12. The number of pyridine rings is 1. The van der Waals surface area contributed by atoms with Crippen molar-refractivity contribution in [3.63, 3.8) is 0 Å². The molecule has 0 aliphatic heterocycles. The summed E-state index contributed by atoms with van der Waals surface area (Å²) in [6.07, 6.45) is 2.00. The van der Waals surface area contributed by atoms with Crippen molar-refractivity contribution in [2.24, 2.45) is 0 Å². The molecule has 0 spiro atoms. The molecule has 0 aliphatic carbocycles. The molecule has 5 heteroatoms. The summed E-state index contributed by atoms with van der Waals surface area (Å²) in [7, 11) is 0. The minimum Gasteiger partial charge on any atom is -0.349 e. The van der Waals surface area contributed by atoms with Crippen LogP contribution in [0.1, 0.15) is 22.8 Å². The zero-order chi connectivity index (χ0) is 14.5. The minimum atomic E-state index is -0.749. The number of amides is 1. The third-order valence-electron chi connectivity index (χ3n) is 2.84. The average molecular weight is 337 g/mol. The number of halogens is 2. The van der Waals surface area contributed by atoms with Gasteiger partial charge in [0, 0.05) is 16.7 Å². The molecule has 1 N–H and O–H groups in total. The predicted molar refractivity (Wildman–Crippen MR) is 79.0 cm³/mol. The van der Waals surface area contributed by atoms with Gasteiger partial charge in [0.2, 0.25) is 5.95 Å². The largest absolute Gasteiger partial charge is 0.349 e. The van der Waals surface area contributed by atoms with Crippen LogP contribution >= 0.6 is 15.9 Å². The Morgan fingerprint density at radius 2 is 2.05 bits per heavy atom. The highest BCUT2D eigenvalue weighted by molar-refractivity contribution is 9.10. The molecule has 1 unspecified atom stereocenters. The second kappa shape index (κ2) is 6.61. The molecule has 0 aliphatic rings. The van der Waals surface area contributed by atoms with Crippen LogP contribution in [0.15, 0.2) is 47.1 Å². The lowest BCUT2D eigenvalue weighted by Crippen LogP contribution is -2.34. The molecule has 0 bridgehead atoms. The SMILES string of the molecule is CC(Cc1ccc(Br)cc1)NC(=O)c1cccnc1F. The van der Waals surface area contributed by atoms with Crippen molar-refractivity contribution in [3.8, 4) is 0 Å². The molecule has 0 fully saturated rings. The molecule has 1 aromatic carbocycles. The fraction of sp³-hybridized carbons (Fsp3) is 0.200. The molecule has 3 nitrogen and oxygen atoms in total. The van der Waals surface area contributed by atoms with Crippen molar-refractivity contribution in [2.75, 3.05) is 0 Å². The number of nitrogens with one attached hydrogen (secondary N) is 1. The first-order valence-electron chi connectivity index (χ1n) is 6.22. The summed E-state index contributed by atoms with van der Waals surface area (Å²) in [6.45, 7) is 1.88. The zero-order valence-electron chi connectivity index (χ0n) is 10.9. The van der Waals surface area contributed by atoms with Crippen LogP contribution in [-0.4, -0.2) is 16.9 Å². The number of carbonyl (C=O) groups is 1. The first kappa shape index (κ1) is 14.7. The van der Waals surface area contributed by atoms with E-state index in [2.05, 4.69) is 26.2 Å². The second-order valence-electron chi connectivity index (χ2n) is 4.55. The Kier molecular flexibility index (Phi) is 4.84. The van der Waals surface area contributed by atoms with Crippen molar-refractivity contribution in [1.29, 1.82) is 0 Å². The number of hydrogen-bond donors (Lipinski definition) is 1. The van der Waals surface area contributed by atoms with Gasteiger partial charge in [0.1, 0.15) is 0 Å². The number of benzene rings is 1. The molecule has 0 saturated carbocycles. The summed E-state index contributed by atoms with van der Waals surface area (Å²) in [6, 6.07) is 10.7. The Hall–Kier alpha value is -1.75. The third-order valence-corrected chi connectivity index (χ3v) is 3.37. The van der Waals surface area contributed by atoms with E-state index in [4.69, 9.17) is 0 Å². The smallest absolute Gasteiger partial charge is 0.256 e. The monoisotopic (exact) mass is 336 g/mol. The van der Waals surface area contributed by atoms with Crippen LogP contribution in [0.2, 0.25) is 0 Å². The molecule has 2 aromatic rings. The molecule has 0 saturated heterocycles. The molecule has 1 atom stereocenters. The van der Waals surface area contributed by atoms with Gasteiger partial charge in [-0.1, -0.05) is 28.1 Å². The van der Waals surface area contributed by atoms with E-state index in [0.717, 1.165) is 10.0 Å². The van der Waals surface area contributed by atoms with Gasteiger partial charge in [-0.15, -0.1) is 0 Å². The van der Waals surface area contributed by atoms with Gasteiger partial charge in [0.25, 0.3) is 5.91 Å². The van der Waals surface area contributed by atoms with E-state index in [9.17, 15) is 9.18 Å². The Labute approximate surface area is 125 Å². The molecule has 2 rings (SSSR count). The van der Waals surface area contributed by atoms with Gasteiger partial charge < -0.3 is 5.32 Å². The van der Waals surface area contributed by atoms with Crippen LogP contribution in [-0.2, 0) is 6.42 Å².